The Hall–Kier alpha value is -1.77. The van der Waals surface area contributed by atoms with Crippen LogP contribution in [0.25, 0.3) is 6.08 Å². The van der Waals surface area contributed by atoms with E-state index in [2.05, 4.69) is 27.7 Å². The second-order valence-corrected chi connectivity index (χ2v) is 5.86. The van der Waals surface area contributed by atoms with Crippen LogP contribution < -0.4 is 5.73 Å². The highest BCUT2D eigenvalue weighted by Gasteiger charge is 2.19. The first-order chi connectivity index (χ1) is 9.97. The molecule has 1 aromatic rings. The summed E-state index contributed by atoms with van der Waals surface area (Å²) in [6, 6.07) is 7.86. The molecule has 0 radical (unpaired) electrons. The predicted molar refractivity (Wildman–Crippen MR) is 90.8 cm³/mol. The van der Waals surface area contributed by atoms with Gasteiger partial charge in [0, 0.05) is 24.4 Å². The summed E-state index contributed by atoms with van der Waals surface area (Å²) in [5, 5.41) is 0. The van der Waals surface area contributed by atoms with Crippen LogP contribution in [0.4, 0.5) is 5.69 Å². The van der Waals surface area contributed by atoms with Crippen LogP contribution >= 0.6 is 0 Å². The summed E-state index contributed by atoms with van der Waals surface area (Å²) in [4.78, 5) is 14.5. The zero-order chi connectivity index (χ0) is 15.8. The van der Waals surface area contributed by atoms with Crippen LogP contribution in [0.3, 0.4) is 0 Å². The number of amides is 1. The lowest BCUT2D eigenvalue weighted by Gasteiger charge is -2.31. The van der Waals surface area contributed by atoms with Crippen molar-refractivity contribution < 1.29 is 4.79 Å². The van der Waals surface area contributed by atoms with Gasteiger partial charge in [0.2, 0.25) is 5.91 Å². The van der Waals surface area contributed by atoms with Gasteiger partial charge in [0.05, 0.1) is 0 Å². The van der Waals surface area contributed by atoms with E-state index in [9.17, 15) is 4.79 Å². The van der Waals surface area contributed by atoms with Gasteiger partial charge in [-0.1, -0.05) is 39.8 Å². The topological polar surface area (TPSA) is 46.3 Å². The van der Waals surface area contributed by atoms with Gasteiger partial charge < -0.3 is 10.6 Å². The Morgan fingerprint density at radius 3 is 2.48 bits per heavy atom. The predicted octanol–water partition coefficient (Wildman–Crippen LogP) is 3.96. The molecule has 0 bridgehead atoms. The molecule has 0 aliphatic heterocycles. The fourth-order valence-electron chi connectivity index (χ4n) is 2.47. The van der Waals surface area contributed by atoms with Gasteiger partial charge in [-0.15, -0.1) is 0 Å². The third kappa shape index (κ3) is 5.62. The van der Waals surface area contributed by atoms with Crippen LogP contribution in [-0.2, 0) is 4.79 Å². The van der Waals surface area contributed by atoms with Gasteiger partial charge in [-0.3, -0.25) is 4.79 Å². The zero-order valence-electron chi connectivity index (χ0n) is 13.7. The standard InChI is InChI=1S/C18H28N2O/c1-5-17(6-2)20(13-14(3)4)18(21)11-10-15-8-7-9-16(19)12-15/h7-12,14,17H,5-6,13,19H2,1-4H3/b11-10+. The van der Waals surface area contributed by atoms with Crippen LogP contribution in [0.2, 0.25) is 0 Å². The van der Waals surface area contributed by atoms with Gasteiger partial charge >= 0.3 is 0 Å². The van der Waals surface area contributed by atoms with Crippen molar-refractivity contribution in [3.8, 4) is 0 Å². The van der Waals surface area contributed by atoms with Crippen molar-refractivity contribution in [3.63, 3.8) is 0 Å². The maximum absolute atomic E-state index is 12.5. The lowest BCUT2D eigenvalue weighted by Crippen LogP contribution is -2.41. The van der Waals surface area contributed by atoms with Crippen molar-refractivity contribution in [2.45, 2.75) is 46.6 Å². The molecule has 0 atom stereocenters. The number of benzene rings is 1. The maximum Gasteiger partial charge on any atom is 0.246 e. The summed E-state index contributed by atoms with van der Waals surface area (Å²) >= 11 is 0. The van der Waals surface area contributed by atoms with Gasteiger partial charge in [-0.05, 0) is 42.5 Å². The average Bonchev–Trinajstić information content (AvgIpc) is 2.44. The fourth-order valence-corrected chi connectivity index (χ4v) is 2.47. The summed E-state index contributed by atoms with van der Waals surface area (Å²) < 4.78 is 0. The Morgan fingerprint density at radius 1 is 1.29 bits per heavy atom. The number of hydrogen-bond donors (Lipinski definition) is 1. The van der Waals surface area contributed by atoms with Crippen LogP contribution in [0.1, 0.15) is 46.1 Å². The van der Waals surface area contributed by atoms with Crippen molar-refractivity contribution >= 4 is 17.7 Å². The van der Waals surface area contributed by atoms with E-state index in [1.807, 2.05) is 35.2 Å². The molecule has 21 heavy (non-hydrogen) atoms. The van der Waals surface area contributed by atoms with E-state index >= 15 is 0 Å². The van der Waals surface area contributed by atoms with Gasteiger partial charge in [0.25, 0.3) is 0 Å². The first kappa shape index (κ1) is 17.3. The maximum atomic E-state index is 12.5. The van der Waals surface area contributed by atoms with Crippen molar-refractivity contribution in [2.24, 2.45) is 5.92 Å². The van der Waals surface area contributed by atoms with Gasteiger partial charge in [0.1, 0.15) is 0 Å². The molecule has 0 saturated carbocycles. The Labute approximate surface area is 128 Å². The van der Waals surface area contributed by atoms with Gasteiger partial charge in [0.15, 0.2) is 0 Å². The van der Waals surface area contributed by atoms with Gasteiger partial charge in [-0.25, -0.2) is 0 Å². The lowest BCUT2D eigenvalue weighted by molar-refractivity contribution is -0.129. The first-order valence-corrected chi connectivity index (χ1v) is 7.82. The molecule has 3 nitrogen and oxygen atoms in total. The molecule has 1 aromatic carbocycles. The quantitative estimate of drug-likeness (QED) is 0.610. The van der Waals surface area contributed by atoms with Crippen LogP contribution in [0, 0.1) is 5.92 Å². The number of carbonyl (C=O) groups excluding carboxylic acids is 1. The molecule has 0 aliphatic carbocycles. The number of nitrogens with two attached hydrogens (primary N) is 1. The summed E-state index contributed by atoms with van der Waals surface area (Å²) in [7, 11) is 0. The number of hydrogen-bond acceptors (Lipinski definition) is 2. The number of nitrogens with zero attached hydrogens (tertiary/aromatic N) is 1. The smallest absolute Gasteiger partial charge is 0.246 e. The second kappa shape index (κ2) is 8.50. The number of rotatable bonds is 7. The van der Waals surface area contributed by atoms with Crippen molar-refractivity contribution in [1.82, 2.24) is 4.90 Å². The Morgan fingerprint density at radius 2 is 1.95 bits per heavy atom. The Kier molecular flexibility index (Phi) is 7.00. The summed E-state index contributed by atoms with van der Waals surface area (Å²) in [6.45, 7) is 9.35. The minimum absolute atomic E-state index is 0.0832. The SMILES string of the molecule is CCC(CC)N(CC(C)C)C(=O)/C=C/c1cccc(N)c1. The third-order valence-corrected chi connectivity index (χ3v) is 3.56. The molecule has 0 spiro atoms. The lowest BCUT2D eigenvalue weighted by atomic mass is 10.1. The fraction of sp³-hybridized carbons (Fsp3) is 0.500. The average molecular weight is 288 g/mol. The summed E-state index contributed by atoms with van der Waals surface area (Å²) in [5.74, 6) is 0.551. The summed E-state index contributed by atoms with van der Waals surface area (Å²) in [5.41, 5.74) is 7.42. The number of carbonyl (C=O) groups is 1. The normalized spacial score (nSPS) is 11.5. The highest BCUT2D eigenvalue weighted by molar-refractivity contribution is 5.92. The summed E-state index contributed by atoms with van der Waals surface area (Å²) in [6.07, 6.45) is 5.48. The molecule has 116 valence electrons. The molecule has 0 saturated heterocycles. The van der Waals surface area contributed by atoms with E-state index in [1.54, 1.807) is 6.08 Å². The van der Waals surface area contributed by atoms with Crippen molar-refractivity contribution in [1.29, 1.82) is 0 Å². The minimum Gasteiger partial charge on any atom is -0.399 e. The highest BCUT2D eigenvalue weighted by atomic mass is 16.2. The number of anilines is 1. The molecule has 0 aromatic heterocycles. The highest BCUT2D eigenvalue weighted by Crippen LogP contribution is 2.14. The molecular formula is C18H28N2O. The van der Waals surface area contributed by atoms with Crippen LogP contribution in [-0.4, -0.2) is 23.4 Å². The molecule has 2 N–H and O–H groups in total. The molecule has 1 amide bonds. The monoisotopic (exact) mass is 288 g/mol. The molecule has 0 aliphatic rings. The van der Waals surface area contributed by atoms with Crippen LogP contribution in [0.15, 0.2) is 30.3 Å². The Balaban J connectivity index is 2.84. The van der Waals surface area contributed by atoms with Crippen LogP contribution in [0.5, 0.6) is 0 Å². The van der Waals surface area contributed by atoms with E-state index in [0.29, 0.717) is 17.6 Å². The van der Waals surface area contributed by atoms with E-state index in [0.717, 1.165) is 24.9 Å². The molecule has 1 rings (SSSR count). The second-order valence-electron chi connectivity index (χ2n) is 5.86. The molecule has 0 heterocycles. The molecule has 3 heteroatoms. The zero-order valence-corrected chi connectivity index (χ0v) is 13.7. The Bertz CT molecular complexity index is 476. The van der Waals surface area contributed by atoms with E-state index in [1.165, 1.54) is 0 Å². The third-order valence-electron chi connectivity index (χ3n) is 3.56. The van der Waals surface area contributed by atoms with E-state index in [-0.39, 0.29) is 5.91 Å². The van der Waals surface area contributed by atoms with Crippen molar-refractivity contribution in [2.75, 3.05) is 12.3 Å². The van der Waals surface area contributed by atoms with Gasteiger partial charge in [-0.2, -0.15) is 0 Å². The molecule has 0 fully saturated rings. The largest absolute Gasteiger partial charge is 0.399 e. The molecule has 0 unspecified atom stereocenters. The minimum atomic E-state index is 0.0832. The van der Waals surface area contributed by atoms with Crippen molar-refractivity contribution in [3.05, 3.63) is 35.9 Å². The van der Waals surface area contributed by atoms with E-state index < -0.39 is 0 Å². The first-order valence-electron chi connectivity index (χ1n) is 7.82. The number of nitrogen functional groups attached to an aromatic ring is 1. The van der Waals surface area contributed by atoms with E-state index in [4.69, 9.17) is 5.73 Å². The molecular weight excluding hydrogens is 260 g/mol.